The fraction of sp³-hybridized carbons (Fsp3) is 0.500. The van der Waals surface area contributed by atoms with E-state index < -0.39 is 23.8 Å². The third kappa shape index (κ3) is 1.82. The lowest BCUT2D eigenvalue weighted by molar-refractivity contribution is -0.154. The summed E-state index contributed by atoms with van der Waals surface area (Å²) in [6.45, 7) is 1.38. The molecular weight excluding hydrogens is 364 g/mol. The Hall–Kier alpha value is -1.87. The van der Waals surface area contributed by atoms with E-state index in [1.54, 1.807) is 11.8 Å². The summed E-state index contributed by atoms with van der Waals surface area (Å²) in [7, 11) is 0. The fourth-order valence-corrected chi connectivity index (χ4v) is 7.37. The number of aliphatic carboxylic acids is 1. The molecule has 0 aromatic carbocycles. The molecular formula is C16H14N2O5S2. The number of carboxylic acid groups (broad SMARTS) is 1. The number of H-pyrrole nitrogens is 1. The van der Waals surface area contributed by atoms with E-state index in [9.17, 15) is 24.3 Å². The average Bonchev–Trinajstić information content (AvgIpc) is 3.25. The van der Waals surface area contributed by atoms with Crippen LogP contribution in [-0.2, 0) is 14.4 Å². The van der Waals surface area contributed by atoms with E-state index in [1.165, 1.54) is 6.92 Å². The SMILES string of the molecule is C[C@H](C(=O)O)N1C(=O)[C@H]2[C@H]3C[C@@H](C4=Cc5sc(=O)[nH]c5S[C@H]43)[C@H]2C1=O. The van der Waals surface area contributed by atoms with Crippen molar-refractivity contribution in [2.45, 2.75) is 29.7 Å². The summed E-state index contributed by atoms with van der Waals surface area (Å²) >= 11 is 2.72. The number of rotatable bonds is 2. The lowest BCUT2D eigenvalue weighted by Crippen LogP contribution is -2.44. The highest BCUT2D eigenvalue weighted by Crippen LogP contribution is 2.64. The molecule has 9 heteroatoms. The van der Waals surface area contributed by atoms with Crippen molar-refractivity contribution in [1.29, 1.82) is 0 Å². The smallest absolute Gasteiger partial charge is 0.326 e. The van der Waals surface area contributed by atoms with Gasteiger partial charge in [0, 0.05) is 5.25 Å². The summed E-state index contributed by atoms with van der Waals surface area (Å²) in [6.07, 6.45) is 2.78. The lowest BCUT2D eigenvalue weighted by Gasteiger charge is -2.32. The normalized spacial score (nSPS) is 36.1. The summed E-state index contributed by atoms with van der Waals surface area (Å²) in [4.78, 5) is 53.1. The number of nitrogens with one attached hydrogen (secondary N) is 1. The molecule has 4 aliphatic rings. The van der Waals surface area contributed by atoms with Crippen LogP contribution in [0.1, 0.15) is 18.2 Å². The minimum Gasteiger partial charge on any atom is -0.480 e. The number of likely N-dealkylation sites (tertiary alicyclic amines) is 1. The second-order valence-corrected chi connectivity index (χ2v) is 9.18. The Morgan fingerprint density at radius 1 is 1.32 bits per heavy atom. The summed E-state index contributed by atoms with van der Waals surface area (Å²) in [5.74, 6) is -2.75. The third-order valence-corrected chi connectivity index (χ3v) is 8.32. The molecule has 2 N–H and O–H groups in total. The van der Waals surface area contributed by atoms with Gasteiger partial charge < -0.3 is 10.1 Å². The van der Waals surface area contributed by atoms with Crippen LogP contribution in [0.25, 0.3) is 6.08 Å². The Kier molecular flexibility index (Phi) is 2.99. The van der Waals surface area contributed by atoms with Crippen molar-refractivity contribution in [3.05, 3.63) is 20.1 Å². The maximum Gasteiger partial charge on any atom is 0.326 e. The average molecular weight is 378 g/mol. The second-order valence-electron chi connectivity index (χ2n) is 7.01. The molecule has 2 amide bonds. The van der Waals surface area contributed by atoms with Gasteiger partial charge in [-0.1, -0.05) is 28.7 Å². The number of hydrogen-bond acceptors (Lipinski definition) is 6. The van der Waals surface area contributed by atoms with Crippen LogP contribution >= 0.6 is 23.1 Å². The van der Waals surface area contributed by atoms with Gasteiger partial charge in [0.2, 0.25) is 11.8 Å². The minimum absolute atomic E-state index is 0.0187. The van der Waals surface area contributed by atoms with Crippen molar-refractivity contribution in [1.82, 2.24) is 9.88 Å². The first-order chi connectivity index (χ1) is 11.9. The monoisotopic (exact) mass is 378 g/mol. The fourth-order valence-electron chi connectivity index (χ4n) is 4.93. The molecule has 130 valence electrons. The van der Waals surface area contributed by atoms with Gasteiger partial charge in [0.25, 0.3) is 0 Å². The van der Waals surface area contributed by atoms with Gasteiger partial charge >= 0.3 is 10.8 Å². The predicted molar refractivity (Wildman–Crippen MR) is 90.1 cm³/mol. The number of carbonyl (C=O) groups excluding carboxylic acids is 2. The topological polar surface area (TPSA) is 108 Å². The van der Waals surface area contributed by atoms with Crippen LogP contribution in [0.2, 0.25) is 0 Å². The maximum atomic E-state index is 12.8. The van der Waals surface area contributed by atoms with Crippen LogP contribution in [-0.4, -0.2) is 44.1 Å². The van der Waals surface area contributed by atoms with E-state index in [-0.39, 0.29) is 33.8 Å². The molecule has 2 bridgehead atoms. The molecule has 2 aliphatic carbocycles. The molecule has 0 unspecified atom stereocenters. The zero-order valence-corrected chi connectivity index (χ0v) is 14.7. The summed E-state index contributed by atoms with van der Waals surface area (Å²) in [5, 5.41) is 10.1. The van der Waals surface area contributed by atoms with E-state index in [2.05, 4.69) is 4.98 Å². The second kappa shape index (κ2) is 4.85. The summed E-state index contributed by atoms with van der Waals surface area (Å²) in [6, 6.07) is -1.13. The number of aromatic nitrogens is 1. The largest absolute Gasteiger partial charge is 0.480 e. The molecule has 0 radical (unpaired) electrons. The number of hydrogen-bond donors (Lipinski definition) is 2. The van der Waals surface area contributed by atoms with Crippen LogP contribution in [0, 0.1) is 23.7 Å². The molecule has 1 aromatic rings. The van der Waals surface area contributed by atoms with Gasteiger partial charge in [0.1, 0.15) is 6.04 Å². The van der Waals surface area contributed by atoms with Crippen molar-refractivity contribution >= 4 is 47.0 Å². The standard InChI is InChI=1S/C16H14N2O5S2/c1-4(15(21)22)18-13(19)9-5-2-7(10(9)14(18)20)11-6(5)3-8-12(25-11)17-16(23)24-8/h3-5,7,9-11H,2H2,1H3,(H,17,23)(H,21,22)/t4-,5+,7-,9-,10+,11-/m1/s1. The number of amides is 2. The molecule has 3 fully saturated rings. The number of carboxylic acids is 1. The molecule has 0 spiro atoms. The quantitative estimate of drug-likeness (QED) is 0.744. The summed E-state index contributed by atoms with van der Waals surface area (Å²) < 4.78 is 0. The van der Waals surface area contributed by atoms with Gasteiger partial charge in [-0.05, 0) is 31.3 Å². The zero-order valence-electron chi connectivity index (χ0n) is 13.1. The van der Waals surface area contributed by atoms with Crippen LogP contribution in [0.3, 0.4) is 0 Å². The van der Waals surface area contributed by atoms with Gasteiger partial charge in [0.15, 0.2) is 0 Å². The van der Waals surface area contributed by atoms with Crippen molar-refractivity contribution in [3.63, 3.8) is 0 Å². The first-order valence-electron chi connectivity index (χ1n) is 8.09. The van der Waals surface area contributed by atoms with Crippen molar-refractivity contribution in [3.8, 4) is 0 Å². The number of fused-ring (bicyclic) bond motifs is 9. The molecule has 3 heterocycles. The molecule has 2 aliphatic heterocycles. The van der Waals surface area contributed by atoms with E-state index >= 15 is 0 Å². The molecule has 6 atom stereocenters. The highest BCUT2D eigenvalue weighted by molar-refractivity contribution is 8.00. The van der Waals surface area contributed by atoms with E-state index in [1.807, 2.05) is 6.08 Å². The van der Waals surface area contributed by atoms with Gasteiger partial charge in [0.05, 0.1) is 21.7 Å². The molecule has 1 saturated heterocycles. The van der Waals surface area contributed by atoms with E-state index in [0.717, 1.165) is 38.1 Å². The van der Waals surface area contributed by atoms with Crippen LogP contribution in [0.5, 0.6) is 0 Å². The molecule has 7 nitrogen and oxygen atoms in total. The van der Waals surface area contributed by atoms with Gasteiger partial charge in [-0.2, -0.15) is 0 Å². The van der Waals surface area contributed by atoms with Crippen LogP contribution < -0.4 is 4.87 Å². The highest BCUT2D eigenvalue weighted by atomic mass is 32.2. The highest BCUT2D eigenvalue weighted by Gasteiger charge is 2.67. The lowest BCUT2D eigenvalue weighted by atomic mass is 9.77. The van der Waals surface area contributed by atoms with E-state index in [4.69, 9.17) is 0 Å². The number of nitrogens with zero attached hydrogens (tertiary/aromatic N) is 1. The summed E-state index contributed by atoms with van der Waals surface area (Å²) in [5.41, 5.74) is 1.13. The number of thioether (sulfide) groups is 1. The third-order valence-electron chi connectivity index (χ3n) is 5.93. The zero-order chi connectivity index (χ0) is 17.6. The Morgan fingerprint density at radius 3 is 2.76 bits per heavy atom. The number of imide groups is 1. The van der Waals surface area contributed by atoms with Gasteiger partial charge in [-0.25, -0.2) is 4.79 Å². The number of aromatic amines is 1. The van der Waals surface area contributed by atoms with Crippen LogP contribution in [0.15, 0.2) is 15.4 Å². The number of carbonyl (C=O) groups is 3. The Bertz CT molecular complexity index is 931. The van der Waals surface area contributed by atoms with Crippen LogP contribution in [0.4, 0.5) is 0 Å². The van der Waals surface area contributed by atoms with Gasteiger partial charge in [-0.15, -0.1) is 0 Å². The first-order valence-corrected chi connectivity index (χ1v) is 9.79. The first kappa shape index (κ1) is 15.4. The van der Waals surface area contributed by atoms with Crippen molar-refractivity contribution < 1.29 is 19.5 Å². The van der Waals surface area contributed by atoms with Crippen molar-refractivity contribution in [2.24, 2.45) is 23.7 Å². The predicted octanol–water partition coefficient (Wildman–Crippen LogP) is 1.02. The minimum atomic E-state index is -1.17. The Balaban J connectivity index is 1.55. The molecule has 5 rings (SSSR count). The Labute approximate surface area is 150 Å². The molecule has 1 aromatic heterocycles. The van der Waals surface area contributed by atoms with Crippen molar-refractivity contribution in [2.75, 3.05) is 0 Å². The molecule has 25 heavy (non-hydrogen) atoms. The van der Waals surface area contributed by atoms with E-state index in [0.29, 0.717) is 0 Å². The number of thiazole rings is 1. The molecule has 2 saturated carbocycles. The maximum absolute atomic E-state index is 12.8. The van der Waals surface area contributed by atoms with Gasteiger partial charge in [-0.3, -0.25) is 19.3 Å². The Morgan fingerprint density at radius 2 is 2.04 bits per heavy atom.